The molecule has 1 fully saturated rings. The SMILES string of the molecule is C#CCNCCN(C)CC1CCCCC1. The summed E-state index contributed by atoms with van der Waals surface area (Å²) in [5, 5.41) is 3.23. The van der Waals surface area contributed by atoms with Crippen molar-refractivity contribution in [3.63, 3.8) is 0 Å². The van der Waals surface area contributed by atoms with E-state index in [1.807, 2.05) is 0 Å². The van der Waals surface area contributed by atoms with Crippen LogP contribution >= 0.6 is 0 Å². The number of nitrogens with one attached hydrogen (secondary N) is 1. The molecule has 0 heterocycles. The zero-order valence-corrected chi connectivity index (χ0v) is 9.97. The molecule has 2 nitrogen and oxygen atoms in total. The monoisotopic (exact) mass is 208 g/mol. The van der Waals surface area contributed by atoms with Crippen LogP contribution < -0.4 is 5.32 Å². The second kappa shape index (κ2) is 7.73. The molecule has 0 radical (unpaired) electrons. The van der Waals surface area contributed by atoms with Crippen molar-refractivity contribution < 1.29 is 0 Å². The van der Waals surface area contributed by atoms with Crippen LogP contribution in [0.5, 0.6) is 0 Å². The Kier molecular flexibility index (Phi) is 6.47. The first-order chi connectivity index (χ1) is 7.33. The number of nitrogens with zero attached hydrogens (tertiary/aromatic N) is 1. The largest absolute Gasteiger partial charge is 0.305 e. The molecular formula is C13H24N2. The van der Waals surface area contributed by atoms with Crippen LogP contribution in [0.4, 0.5) is 0 Å². The smallest absolute Gasteiger partial charge is 0.0574 e. The fourth-order valence-corrected chi connectivity index (χ4v) is 2.33. The van der Waals surface area contributed by atoms with Crippen molar-refractivity contribution in [2.24, 2.45) is 5.92 Å². The Morgan fingerprint density at radius 3 is 2.73 bits per heavy atom. The number of likely N-dealkylation sites (N-methyl/N-ethyl adjacent to an activating group) is 1. The molecule has 1 N–H and O–H groups in total. The summed E-state index contributed by atoms with van der Waals surface area (Å²) in [5.74, 6) is 3.53. The summed E-state index contributed by atoms with van der Waals surface area (Å²) < 4.78 is 0. The van der Waals surface area contributed by atoms with E-state index in [1.165, 1.54) is 38.6 Å². The molecule has 0 saturated heterocycles. The molecule has 0 aromatic carbocycles. The van der Waals surface area contributed by atoms with Crippen molar-refractivity contribution in [3.8, 4) is 12.3 Å². The van der Waals surface area contributed by atoms with E-state index in [2.05, 4.69) is 23.2 Å². The van der Waals surface area contributed by atoms with Gasteiger partial charge in [0.2, 0.25) is 0 Å². The molecule has 0 aromatic heterocycles. The Labute approximate surface area is 94.4 Å². The first kappa shape index (κ1) is 12.5. The maximum absolute atomic E-state index is 5.17. The molecule has 0 bridgehead atoms. The summed E-state index contributed by atoms with van der Waals surface area (Å²) >= 11 is 0. The fraction of sp³-hybridized carbons (Fsp3) is 0.846. The zero-order valence-electron chi connectivity index (χ0n) is 9.97. The van der Waals surface area contributed by atoms with E-state index in [4.69, 9.17) is 6.42 Å². The number of hydrogen-bond acceptors (Lipinski definition) is 2. The lowest BCUT2D eigenvalue weighted by atomic mass is 9.89. The topological polar surface area (TPSA) is 15.3 Å². The summed E-state index contributed by atoms with van der Waals surface area (Å²) in [7, 11) is 2.21. The summed E-state index contributed by atoms with van der Waals surface area (Å²) in [6, 6.07) is 0. The van der Waals surface area contributed by atoms with Crippen molar-refractivity contribution >= 4 is 0 Å². The van der Waals surface area contributed by atoms with Crippen molar-refractivity contribution in [1.82, 2.24) is 10.2 Å². The molecule has 0 atom stereocenters. The maximum atomic E-state index is 5.17. The molecule has 2 heteroatoms. The fourth-order valence-electron chi connectivity index (χ4n) is 2.33. The van der Waals surface area contributed by atoms with Crippen LogP contribution in [-0.2, 0) is 0 Å². The third kappa shape index (κ3) is 5.81. The Bertz CT molecular complexity index is 189. The van der Waals surface area contributed by atoms with E-state index < -0.39 is 0 Å². The highest BCUT2D eigenvalue weighted by Gasteiger charge is 2.14. The molecule has 0 aromatic rings. The maximum Gasteiger partial charge on any atom is 0.0574 e. The molecule has 1 aliphatic carbocycles. The number of terminal acetylenes is 1. The second-order valence-corrected chi connectivity index (χ2v) is 4.65. The predicted octanol–water partition coefficient (Wildman–Crippen LogP) is 1.72. The number of hydrogen-bond donors (Lipinski definition) is 1. The quantitative estimate of drug-likeness (QED) is 0.528. The summed E-state index contributed by atoms with van der Waals surface area (Å²) in [4.78, 5) is 2.43. The van der Waals surface area contributed by atoms with Crippen LogP contribution in [0.3, 0.4) is 0 Å². The lowest BCUT2D eigenvalue weighted by Gasteiger charge is -2.26. The van der Waals surface area contributed by atoms with Gasteiger partial charge in [-0.05, 0) is 25.8 Å². The minimum Gasteiger partial charge on any atom is -0.305 e. The highest BCUT2D eigenvalue weighted by Crippen LogP contribution is 2.23. The number of rotatable bonds is 6. The molecule has 0 spiro atoms. The van der Waals surface area contributed by atoms with Gasteiger partial charge in [-0.25, -0.2) is 0 Å². The first-order valence-corrected chi connectivity index (χ1v) is 6.15. The second-order valence-electron chi connectivity index (χ2n) is 4.65. The lowest BCUT2D eigenvalue weighted by molar-refractivity contribution is 0.234. The van der Waals surface area contributed by atoms with E-state index in [-0.39, 0.29) is 0 Å². The first-order valence-electron chi connectivity index (χ1n) is 6.15. The van der Waals surface area contributed by atoms with Crippen molar-refractivity contribution in [2.75, 3.05) is 33.2 Å². The summed E-state index contributed by atoms with van der Waals surface area (Å²) in [6.45, 7) is 4.07. The Hall–Kier alpha value is -0.520. The van der Waals surface area contributed by atoms with Gasteiger partial charge in [0.15, 0.2) is 0 Å². The van der Waals surface area contributed by atoms with E-state index in [0.717, 1.165) is 19.0 Å². The highest BCUT2D eigenvalue weighted by molar-refractivity contribution is 4.86. The Morgan fingerprint density at radius 2 is 2.07 bits per heavy atom. The standard InChI is InChI=1S/C13H24N2/c1-3-9-14-10-11-15(2)12-13-7-5-4-6-8-13/h1,13-14H,4-12H2,2H3. The van der Waals surface area contributed by atoms with Gasteiger partial charge in [0.05, 0.1) is 6.54 Å². The van der Waals surface area contributed by atoms with Crippen LogP contribution in [0, 0.1) is 18.3 Å². The van der Waals surface area contributed by atoms with E-state index in [0.29, 0.717) is 6.54 Å². The van der Waals surface area contributed by atoms with Gasteiger partial charge in [-0.15, -0.1) is 6.42 Å². The molecule has 15 heavy (non-hydrogen) atoms. The molecule has 1 saturated carbocycles. The van der Waals surface area contributed by atoms with E-state index >= 15 is 0 Å². The molecule has 1 rings (SSSR count). The van der Waals surface area contributed by atoms with Gasteiger partial charge in [0, 0.05) is 19.6 Å². The average molecular weight is 208 g/mol. The molecule has 86 valence electrons. The average Bonchev–Trinajstić information content (AvgIpc) is 2.26. The van der Waals surface area contributed by atoms with Crippen molar-refractivity contribution in [1.29, 1.82) is 0 Å². The minimum absolute atomic E-state index is 0.692. The lowest BCUT2D eigenvalue weighted by Crippen LogP contribution is -2.33. The van der Waals surface area contributed by atoms with Gasteiger partial charge in [-0.2, -0.15) is 0 Å². The molecule has 0 unspecified atom stereocenters. The van der Waals surface area contributed by atoms with E-state index in [1.54, 1.807) is 0 Å². The van der Waals surface area contributed by atoms with Crippen LogP contribution in [0.15, 0.2) is 0 Å². The van der Waals surface area contributed by atoms with Gasteiger partial charge in [-0.1, -0.05) is 25.2 Å². The normalized spacial score (nSPS) is 17.9. The van der Waals surface area contributed by atoms with Crippen LogP contribution in [0.2, 0.25) is 0 Å². The van der Waals surface area contributed by atoms with Crippen LogP contribution in [0.25, 0.3) is 0 Å². The summed E-state index contributed by atoms with van der Waals surface area (Å²) in [6.07, 6.45) is 12.4. The molecule has 0 aliphatic heterocycles. The third-order valence-corrected chi connectivity index (χ3v) is 3.19. The molecule has 0 amide bonds. The Balaban J connectivity index is 2.01. The van der Waals surface area contributed by atoms with Gasteiger partial charge in [0.1, 0.15) is 0 Å². The third-order valence-electron chi connectivity index (χ3n) is 3.19. The van der Waals surface area contributed by atoms with Crippen molar-refractivity contribution in [2.45, 2.75) is 32.1 Å². The summed E-state index contributed by atoms with van der Waals surface area (Å²) in [5.41, 5.74) is 0. The minimum atomic E-state index is 0.692. The molecular weight excluding hydrogens is 184 g/mol. The Morgan fingerprint density at radius 1 is 1.33 bits per heavy atom. The predicted molar refractivity (Wildman–Crippen MR) is 65.8 cm³/mol. The van der Waals surface area contributed by atoms with E-state index in [9.17, 15) is 0 Å². The molecule has 1 aliphatic rings. The van der Waals surface area contributed by atoms with Gasteiger partial charge >= 0.3 is 0 Å². The van der Waals surface area contributed by atoms with Crippen LogP contribution in [-0.4, -0.2) is 38.1 Å². The zero-order chi connectivity index (χ0) is 10.9. The van der Waals surface area contributed by atoms with Gasteiger partial charge < -0.3 is 10.2 Å². The van der Waals surface area contributed by atoms with Crippen LogP contribution in [0.1, 0.15) is 32.1 Å². The van der Waals surface area contributed by atoms with Gasteiger partial charge in [-0.3, -0.25) is 0 Å². The highest BCUT2D eigenvalue weighted by atomic mass is 15.1. The van der Waals surface area contributed by atoms with Gasteiger partial charge in [0.25, 0.3) is 0 Å². The van der Waals surface area contributed by atoms with Crippen molar-refractivity contribution in [3.05, 3.63) is 0 Å².